The average Bonchev–Trinajstić information content (AvgIpc) is 3.27. The van der Waals surface area contributed by atoms with Crippen molar-refractivity contribution in [2.24, 2.45) is 0 Å². The zero-order chi connectivity index (χ0) is 20.8. The molecular weight excluding hydrogens is 374 g/mol. The number of carbonyl (C=O) groups excluding carboxylic acids is 1. The van der Waals surface area contributed by atoms with Gasteiger partial charge >= 0.3 is 12.1 Å². The SMILES string of the molecule is CC(C)(C)OC(=O)N1C[C@H](Oc2cccc3c2ccc2occc23)C[C@H]1C(=O)O. The largest absolute Gasteiger partial charge is 0.488 e. The van der Waals surface area contributed by atoms with Gasteiger partial charge in [-0.15, -0.1) is 0 Å². The lowest BCUT2D eigenvalue weighted by Gasteiger charge is -2.26. The summed E-state index contributed by atoms with van der Waals surface area (Å²) < 4.78 is 17.0. The van der Waals surface area contributed by atoms with Crippen LogP contribution in [0.15, 0.2) is 47.1 Å². The highest BCUT2D eigenvalue weighted by atomic mass is 16.6. The smallest absolute Gasteiger partial charge is 0.411 e. The van der Waals surface area contributed by atoms with Crippen molar-refractivity contribution >= 4 is 33.8 Å². The number of furan rings is 1. The topological polar surface area (TPSA) is 89.2 Å². The number of aliphatic carboxylic acids is 1. The molecule has 1 aliphatic rings. The van der Waals surface area contributed by atoms with Gasteiger partial charge in [0.25, 0.3) is 0 Å². The first-order valence-electron chi connectivity index (χ1n) is 9.51. The highest BCUT2D eigenvalue weighted by molar-refractivity contribution is 6.07. The fraction of sp³-hybridized carbons (Fsp3) is 0.364. The van der Waals surface area contributed by atoms with Gasteiger partial charge in [-0.25, -0.2) is 9.59 Å². The lowest BCUT2D eigenvalue weighted by atomic mass is 10.1. The summed E-state index contributed by atoms with van der Waals surface area (Å²) in [5.41, 5.74) is 0.0857. The number of hydrogen-bond acceptors (Lipinski definition) is 5. The molecule has 1 N–H and O–H groups in total. The molecule has 29 heavy (non-hydrogen) atoms. The quantitative estimate of drug-likeness (QED) is 0.703. The summed E-state index contributed by atoms with van der Waals surface area (Å²) in [6.07, 6.45) is 0.743. The summed E-state index contributed by atoms with van der Waals surface area (Å²) in [7, 11) is 0. The van der Waals surface area contributed by atoms with E-state index in [4.69, 9.17) is 13.9 Å². The Morgan fingerprint density at radius 1 is 1.10 bits per heavy atom. The summed E-state index contributed by atoms with van der Waals surface area (Å²) in [5.74, 6) is -0.425. The molecule has 0 radical (unpaired) electrons. The Labute approximate surface area is 167 Å². The van der Waals surface area contributed by atoms with Crippen molar-refractivity contribution in [3.05, 3.63) is 42.7 Å². The molecule has 0 saturated carbocycles. The number of ether oxygens (including phenoxy) is 2. The molecule has 1 amide bonds. The van der Waals surface area contributed by atoms with Crippen molar-refractivity contribution < 1.29 is 28.6 Å². The molecule has 1 fully saturated rings. The zero-order valence-corrected chi connectivity index (χ0v) is 16.5. The van der Waals surface area contributed by atoms with Crippen molar-refractivity contribution in [3.63, 3.8) is 0 Å². The second-order valence-corrected chi connectivity index (χ2v) is 8.21. The standard InChI is InChI=1S/C22H23NO6/c1-22(2,3)29-21(26)23-12-13(11-17(23)20(24)25)28-19-6-4-5-14-15(19)7-8-18-16(14)9-10-27-18/h4-10,13,17H,11-12H2,1-3H3,(H,24,25)/t13-,17+/m1/s1. The molecule has 2 heterocycles. The number of carboxylic acid groups (broad SMARTS) is 1. The van der Waals surface area contributed by atoms with E-state index in [-0.39, 0.29) is 13.0 Å². The monoisotopic (exact) mass is 397 g/mol. The van der Waals surface area contributed by atoms with Crippen LogP contribution in [0.25, 0.3) is 21.7 Å². The molecule has 1 aromatic heterocycles. The molecule has 0 aliphatic carbocycles. The number of carbonyl (C=O) groups is 2. The van der Waals surface area contributed by atoms with Gasteiger partial charge in [-0.1, -0.05) is 12.1 Å². The zero-order valence-electron chi connectivity index (χ0n) is 16.5. The van der Waals surface area contributed by atoms with E-state index in [0.717, 1.165) is 21.7 Å². The first-order valence-corrected chi connectivity index (χ1v) is 9.51. The van der Waals surface area contributed by atoms with Crippen LogP contribution in [0, 0.1) is 0 Å². The molecule has 0 unspecified atom stereocenters. The van der Waals surface area contributed by atoms with E-state index >= 15 is 0 Å². The number of fused-ring (bicyclic) bond motifs is 3. The molecule has 3 aromatic rings. The van der Waals surface area contributed by atoms with Gasteiger partial charge in [0, 0.05) is 17.2 Å². The molecule has 2 atom stereocenters. The Hall–Kier alpha value is -3.22. The van der Waals surface area contributed by atoms with Crippen molar-refractivity contribution in [3.8, 4) is 5.75 Å². The molecule has 1 saturated heterocycles. The summed E-state index contributed by atoms with van der Waals surface area (Å²) in [6, 6.07) is 10.5. The molecule has 7 heteroatoms. The number of hydrogen-bond donors (Lipinski definition) is 1. The van der Waals surface area contributed by atoms with Crippen molar-refractivity contribution in [1.82, 2.24) is 4.90 Å². The minimum Gasteiger partial charge on any atom is -0.488 e. The number of amides is 1. The number of nitrogens with zero attached hydrogens (tertiary/aromatic N) is 1. The maximum absolute atomic E-state index is 12.5. The summed E-state index contributed by atoms with van der Waals surface area (Å²) in [4.78, 5) is 25.4. The van der Waals surface area contributed by atoms with Crippen LogP contribution in [0.1, 0.15) is 27.2 Å². The third-order valence-electron chi connectivity index (χ3n) is 4.92. The minimum absolute atomic E-state index is 0.149. The number of likely N-dealkylation sites (tertiary alicyclic amines) is 1. The summed E-state index contributed by atoms with van der Waals surface area (Å²) >= 11 is 0. The van der Waals surface area contributed by atoms with Gasteiger partial charge in [0.05, 0.1) is 12.8 Å². The third-order valence-corrected chi connectivity index (χ3v) is 4.92. The second-order valence-electron chi connectivity index (χ2n) is 8.21. The van der Waals surface area contributed by atoms with E-state index in [1.807, 2.05) is 36.4 Å². The van der Waals surface area contributed by atoms with Crippen LogP contribution < -0.4 is 4.74 Å². The van der Waals surface area contributed by atoms with Crippen LogP contribution in [0.4, 0.5) is 4.79 Å². The van der Waals surface area contributed by atoms with Gasteiger partial charge in [0.1, 0.15) is 29.1 Å². The van der Waals surface area contributed by atoms with E-state index in [1.165, 1.54) is 4.90 Å². The lowest BCUT2D eigenvalue weighted by Crippen LogP contribution is -2.43. The van der Waals surface area contributed by atoms with Crippen LogP contribution in [0.2, 0.25) is 0 Å². The van der Waals surface area contributed by atoms with Crippen LogP contribution in [0.3, 0.4) is 0 Å². The maximum atomic E-state index is 12.5. The normalized spacial score (nSPS) is 19.6. The van der Waals surface area contributed by atoms with Gasteiger partial charge < -0.3 is 19.0 Å². The Morgan fingerprint density at radius 2 is 1.90 bits per heavy atom. The molecular formula is C22H23NO6. The maximum Gasteiger partial charge on any atom is 0.411 e. The highest BCUT2D eigenvalue weighted by Gasteiger charge is 2.42. The lowest BCUT2D eigenvalue weighted by molar-refractivity contribution is -0.142. The van der Waals surface area contributed by atoms with Gasteiger partial charge in [-0.3, -0.25) is 4.90 Å². The fourth-order valence-electron chi connectivity index (χ4n) is 3.70. The second kappa shape index (κ2) is 6.99. The van der Waals surface area contributed by atoms with Crippen LogP contribution in [-0.4, -0.2) is 46.4 Å². The molecule has 7 nitrogen and oxygen atoms in total. The van der Waals surface area contributed by atoms with Crippen LogP contribution in [0.5, 0.6) is 5.75 Å². The minimum atomic E-state index is -1.07. The molecule has 152 valence electrons. The number of rotatable bonds is 3. The number of carboxylic acids is 1. The predicted octanol–water partition coefficient (Wildman–Crippen LogP) is 4.43. The first kappa shape index (κ1) is 19.1. The Bertz CT molecular complexity index is 1080. The van der Waals surface area contributed by atoms with E-state index in [2.05, 4.69) is 0 Å². The Balaban J connectivity index is 1.60. The highest BCUT2D eigenvalue weighted by Crippen LogP contribution is 2.34. The first-order chi connectivity index (χ1) is 13.7. The summed E-state index contributed by atoms with van der Waals surface area (Å²) in [5, 5.41) is 12.4. The van der Waals surface area contributed by atoms with Crippen molar-refractivity contribution in [2.75, 3.05) is 6.54 Å². The Kier molecular flexibility index (Phi) is 4.61. The van der Waals surface area contributed by atoms with Crippen LogP contribution >= 0.6 is 0 Å². The number of benzene rings is 2. The van der Waals surface area contributed by atoms with Gasteiger partial charge in [0.2, 0.25) is 0 Å². The van der Waals surface area contributed by atoms with Crippen molar-refractivity contribution in [1.29, 1.82) is 0 Å². The molecule has 1 aliphatic heterocycles. The third kappa shape index (κ3) is 3.72. The van der Waals surface area contributed by atoms with Gasteiger partial charge in [-0.05, 0) is 50.4 Å². The van der Waals surface area contributed by atoms with Gasteiger partial charge in [0.15, 0.2) is 0 Å². The van der Waals surface area contributed by atoms with Crippen molar-refractivity contribution in [2.45, 2.75) is 44.9 Å². The molecule has 2 aromatic carbocycles. The van der Waals surface area contributed by atoms with Gasteiger partial charge in [-0.2, -0.15) is 0 Å². The van der Waals surface area contributed by atoms with E-state index in [1.54, 1.807) is 27.0 Å². The molecule has 0 bridgehead atoms. The fourth-order valence-corrected chi connectivity index (χ4v) is 3.70. The molecule has 0 spiro atoms. The average molecular weight is 397 g/mol. The van der Waals surface area contributed by atoms with E-state index in [9.17, 15) is 14.7 Å². The van der Waals surface area contributed by atoms with E-state index < -0.39 is 29.8 Å². The summed E-state index contributed by atoms with van der Waals surface area (Å²) in [6.45, 7) is 5.39. The van der Waals surface area contributed by atoms with E-state index in [0.29, 0.717) is 5.75 Å². The Morgan fingerprint density at radius 3 is 2.62 bits per heavy atom. The molecule has 4 rings (SSSR count). The predicted molar refractivity (Wildman–Crippen MR) is 107 cm³/mol. The van der Waals surface area contributed by atoms with Crippen LogP contribution in [-0.2, 0) is 9.53 Å².